The van der Waals surface area contributed by atoms with Gasteiger partial charge in [0.05, 0.1) is 6.33 Å². The largest absolute Gasteiger partial charge is 0.384 e. The number of rotatable bonds is 4. The molecular formula is C12H13N5OS. The van der Waals surface area contributed by atoms with Crippen molar-refractivity contribution in [2.75, 3.05) is 11.9 Å². The van der Waals surface area contributed by atoms with Crippen LogP contribution in [-0.2, 0) is 5.60 Å². The molecule has 3 rings (SSSR count). The molecule has 0 saturated heterocycles. The maximum atomic E-state index is 10.4. The number of aromatic amines is 1. The van der Waals surface area contributed by atoms with Gasteiger partial charge in [-0.25, -0.2) is 15.0 Å². The van der Waals surface area contributed by atoms with Gasteiger partial charge in [0.15, 0.2) is 11.5 Å². The molecule has 0 bridgehead atoms. The van der Waals surface area contributed by atoms with Crippen molar-refractivity contribution in [1.82, 2.24) is 19.9 Å². The molecule has 0 radical (unpaired) electrons. The smallest absolute Gasteiger partial charge is 0.182 e. The number of hydrogen-bond donors (Lipinski definition) is 3. The summed E-state index contributed by atoms with van der Waals surface area (Å²) in [5.41, 5.74) is 1.29. The first-order valence-corrected chi connectivity index (χ1v) is 6.74. The summed E-state index contributed by atoms with van der Waals surface area (Å²) in [6, 6.07) is 1.91. The zero-order valence-corrected chi connectivity index (χ0v) is 11.1. The number of nitrogens with one attached hydrogen (secondary N) is 2. The van der Waals surface area contributed by atoms with E-state index in [1.54, 1.807) is 24.6 Å². The molecule has 6 nitrogen and oxygen atoms in total. The average molecular weight is 275 g/mol. The third-order valence-electron chi connectivity index (χ3n) is 2.97. The Labute approximate surface area is 113 Å². The van der Waals surface area contributed by atoms with Gasteiger partial charge < -0.3 is 15.4 Å². The van der Waals surface area contributed by atoms with Crippen LogP contribution in [0.2, 0.25) is 0 Å². The van der Waals surface area contributed by atoms with E-state index < -0.39 is 5.60 Å². The van der Waals surface area contributed by atoms with Gasteiger partial charge in [-0.15, -0.1) is 0 Å². The van der Waals surface area contributed by atoms with E-state index in [1.165, 1.54) is 6.33 Å². The van der Waals surface area contributed by atoms with Crippen LogP contribution in [-0.4, -0.2) is 31.6 Å². The molecular weight excluding hydrogens is 262 g/mol. The highest BCUT2D eigenvalue weighted by Gasteiger charge is 2.23. The lowest BCUT2D eigenvalue weighted by Gasteiger charge is -2.23. The van der Waals surface area contributed by atoms with Gasteiger partial charge in [0, 0.05) is 6.54 Å². The summed E-state index contributed by atoms with van der Waals surface area (Å²) in [4.78, 5) is 15.3. The summed E-state index contributed by atoms with van der Waals surface area (Å²) in [5, 5.41) is 17.5. The van der Waals surface area contributed by atoms with E-state index >= 15 is 0 Å². The van der Waals surface area contributed by atoms with Crippen LogP contribution < -0.4 is 5.32 Å². The average Bonchev–Trinajstić information content (AvgIpc) is 3.07. The quantitative estimate of drug-likeness (QED) is 0.675. The first-order chi connectivity index (χ1) is 9.17. The number of H-pyrrole nitrogens is 1. The molecule has 0 aliphatic rings. The van der Waals surface area contributed by atoms with Crippen molar-refractivity contribution in [3.8, 4) is 0 Å². The Bertz CT molecular complexity index is 676. The maximum Gasteiger partial charge on any atom is 0.182 e. The molecule has 3 N–H and O–H groups in total. The number of imidazole rings is 1. The van der Waals surface area contributed by atoms with E-state index in [0.29, 0.717) is 18.0 Å². The van der Waals surface area contributed by atoms with Crippen LogP contribution in [0.15, 0.2) is 29.5 Å². The van der Waals surface area contributed by atoms with Crippen LogP contribution >= 0.6 is 11.3 Å². The Hall–Kier alpha value is -1.99. The topological polar surface area (TPSA) is 86.7 Å². The third-order valence-corrected chi connectivity index (χ3v) is 3.65. The van der Waals surface area contributed by atoms with Crippen LogP contribution in [0.3, 0.4) is 0 Å². The highest BCUT2D eigenvalue weighted by molar-refractivity contribution is 7.08. The monoisotopic (exact) mass is 275 g/mol. The van der Waals surface area contributed by atoms with E-state index in [0.717, 1.165) is 11.1 Å². The molecule has 0 aliphatic heterocycles. The molecule has 0 aliphatic carbocycles. The lowest BCUT2D eigenvalue weighted by atomic mass is 9.99. The fourth-order valence-electron chi connectivity index (χ4n) is 1.83. The summed E-state index contributed by atoms with van der Waals surface area (Å²) >= 11 is 1.56. The Kier molecular flexibility index (Phi) is 2.92. The molecule has 0 fully saturated rings. The highest BCUT2D eigenvalue weighted by Crippen LogP contribution is 2.24. The van der Waals surface area contributed by atoms with Crippen LogP contribution in [0.25, 0.3) is 11.2 Å². The zero-order valence-electron chi connectivity index (χ0n) is 10.3. The fourth-order valence-corrected chi connectivity index (χ4v) is 2.61. The van der Waals surface area contributed by atoms with E-state index in [9.17, 15) is 5.11 Å². The SMILES string of the molecule is C[C@@](O)(CNc1ncnc2nc[nH]c12)c1ccsc1. The van der Waals surface area contributed by atoms with Crippen molar-refractivity contribution in [3.05, 3.63) is 35.0 Å². The minimum Gasteiger partial charge on any atom is -0.384 e. The Morgan fingerprint density at radius 1 is 1.42 bits per heavy atom. The van der Waals surface area contributed by atoms with E-state index in [-0.39, 0.29) is 0 Å². The lowest BCUT2D eigenvalue weighted by Crippen LogP contribution is -2.30. The van der Waals surface area contributed by atoms with Gasteiger partial charge in [0.25, 0.3) is 0 Å². The van der Waals surface area contributed by atoms with Gasteiger partial charge in [-0.3, -0.25) is 0 Å². The lowest BCUT2D eigenvalue weighted by molar-refractivity contribution is 0.0719. The van der Waals surface area contributed by atoms with Crippen LogP contribution in [0.5, 0.6) is 0 Å². The fraction of sp³-hybridized carbons (Fsp3) is 0.250. The Morgan fingerprint density at radius 3 is 3.11 bits per heavy atom. The molecule has 0 amide bonds. The first kappa shape index (κ1) is 12.1. The molecule has 7 heteroatoms. The van der Waals surface area contributed by atoms with E-state index in [4.69, 9.17) is 0 Å². The second-order valence-corrected chi connectivity index (χ2v) is 5.24. The predicted octanol–water partition coefficient (Wildman–Crippen LogP) is 1.73. The molecule has 0 aromatic carbocycles. The van der Waals surface area contributed by atoms with Crippen LogP contribution in [0, 0.1) is 0 Å². The van der Waals surface area contributed by atoms with Gasteiger partial charge in [-0.1, -0.05) is 0 Å². The van der Waals surface area contributed by atoms with Crippen molar-refractivity contribution in [2.45, 2.75) is 12.5 Å². The number of nitrogens with zero attached hydrogens (tertiary/aromatic N) is 3. The van der Waals surface area contributed by atoms with Gasteiger partial charge in [-0.2, -0.15) is 11.3 Å². The number of aliphatic hydroxyl groups is 1. The summed E-state index contributed by atoms with van der Waals surface area (Å²) in [6.07, 6.45) is 3.02. The molecule has 0 saturated carbocycles. The Balaban J connectivity index is 1.81. The summed E-state index contributed by atoms with van der Waals surface area (Å²) < 4.78 is 0. The predicted molar refractivity (Wildman–Crippen MR) is 74.1 cm³/mol. The summed E-state index contributed by atoms with van der Waals surface area (Å²) in [5.74, 6) is 0.637. The van der Waals surface area contributed by atoms with E-state index in [1.807, 2.05) is 16.8 Å². The molecule has 3 heterocycles. The molecule has 3 aromatic rings. The number of hydrogen-bond acceptors (Lipinski definition) is 6. The zero-order chi connectivity index (χ0) is 13.3. The van der Waals surface area contributed by atoms with Crippen molar-refractivity contribution < 1.29 is 5.11 Å². The van der Waals surface area contributed by atoms with Crippen molar-refractivity contribution in [2.24, 2.45) is 0 Å². The molecule has 3 aromatic heterocycles. The molecule has 1 atom stereocenters. The standard InChI is InChI=1S/C12H13N5OS/c1-12(18,8-2-3-19-4-8)5-13-10-9-11(15-6-14-9)17-7-16-10/h2-4,6-7,18H,5H2,1H3,(H2,13,14,15,16,17)/t12-/m1/s1. The van der Waals surface area contributed by atoms with Gasteiger partial charge in [-0.05, 0) is 29.3 Å². The van der Waals surface area contributed by atoms with Gasteiger partial charge in [0.1, 0.15) is 17.4 Å². The number of fused-ring (bicyclic) bond motifs is 1. The maximum absolute atomic E-state index is 10.4. The van der Waals surface area contributed by atoms with Crippen molar-refractivity contribution >= 4 is 28.3 Å². The highest BCUT2D eigenvalue weighted by atomic mass is 32.1. The molecule has 19 heavy (non-hydrogen) atoms. The van der Waals surface area contributed by atoms with Gasteiger partial charge >= 0.3 is 0 Å². The van der Waals surface area contributed by atoms with E-state index in [2.05, 4.69) is 25.3 Å². The third kappa shape index (κ3) is 2.29. The van der Waals surface area contributed by atoms with Crippen LogP contribution in [0.1, 0.15) is 12.5 Å². The number of thiophene rings is 1. The summed E-state index contributed by atoms with van der Waals surface area (Å²) in [6.45, 7) is 2.13. The molecule has 0 unspecified atom stereocenters. The minimum absolute atomic E-state index is 0.356. The minimum atomic E-state index is -0.947. The van der Waals surface area contributed by atoms with Crippen molar-refractivity contribution in [1.29, 1.82) is 0 Å². The number of anilines is 1. The van der Waals surface area contributed by atoms with Gasteiger partial charge in [0.2, 0.25) is 0 Å². The van der Waals surface area contributed by atoms with Crippen molar-refractivity contribution in [3.63, 3.8) is 0 Å². The molecule has 0 spiro atoms. The van der Waals surface area contributed by atoms with Crippen LogP contribution in [0.4, 0.5) is 5.82 Å². The number of aromatic nitrogens is 4. The second kappa shape index (κ2) is 4.60. The summed E-state index contributed by atoms with van der Waals surface area (Å²) in [7, 11) is 0. The normalized spacial score (nSPS) is 14.4. The molecule has 98 valence electrons. The first-order valence-electron chi connectivity index (χ1n) is 5.80. The second-order valence-electron chi connectivity index (χ2n) is 4.46. The Morgan fingerprint density at radius 2 is 2.32 bits per heavy atom.